The molecule has 0 aliphatic heterocycles. The van der Waals surface area contributed by atoms with E-state index in [2.05, 4.69) is 10.3 Å². The molecule has 0 fully saturated rings. The van der Waals surface area contributed by atoms with Gasteiger partial charge in [-0.2, -0.15) is 0 Å². The first-order valence-electron chi connectivity index (χ1n) is 8.62. The van der Waals surface area contributed by atoms with Gasteiger partial charge < -0.3 is 9.73 Å². The van der Waals surface area contributed by atoms with Gasteiger partial charge in [0.05, 0.1) is 12.3 Å². The fourth-order valence-corrected chi connectivity index (χ4v) is 3.76. The van der Waals surface area contributed by atoms with Gasteiger partial charge in [-0.3, -0.25) is 9.52 Å². The van der Waals surface area contributed by atoms with Crippen molar-refractivity contribution in [3.63, 3.8) is 0 Å². The predicted octanol–water partition coefficient (Wildman–Crippen LogP) is 4.79. The van der Waals surface area contributed by atoms with Crippen LogP contribution in [0, 0.1) is 11.6 Å². The molecule has 3 aromatic rings. The maximum Gasteiger partial charge on any atom is 0.273 e. The van der Waals surface area contributed by atoms with Crippen LogP contribution in [0.15, 0.2) is 41.0 Å². The Morgan fingerprint density at radius 2 is 1.68 bits per heavy atom. The number of aromatic nitrogens is 1. The molecule has 31 heavy (non-hydrogen) atoms. The Morgan fingerprint density at radius 3 is 2.23 bits per heavy atom. The minimum absolute atomic E-state index is 0.0748. The van der Waals surface area contributed by atoms with Crippen LogP contribution in [0.4, 0.5) is 14.5 Å². The summed E-state index contributed by atoms with van der Waals surface area (Å²) in [5.74, 6) is -2.79. The Morgan fingerprint density at radius 1 is 1.10 bits per heavy atom. The third-order valence-electron chi connectivity index (χ3n) is 4.05. The summed E-state index contributed by atoms with van der Waals surface area (Å²) >= 11 is 11.9. The summed E-state index contributed by atoms with van der Waals surface area (Å²) in [6.45, 7) is 1.49. The first-order valence-corrected chi connectivity index (χ1v) is 11.3. The quantitative estimate of drug-likeness (QED) is 0.518. The largest absolute Gasteiger partial charge is 0.444 e. The van der Waals surface area contributed by atoms with Crippen LogP contribution < -0.4 is 10.0 Å². The van der Waals surface area contributed by atoms with E-state index in [9.17, 15) is 22.0 Å². The minimum atomic E-state index is -3.87. The third-order valence-corrected chi connectivity index (χ3v) is 5.06. The van der Waals surface area contributed by atoms with Gasteiger partial charge >= 0.3 is 0 Å². The lowest BCUT2D eigenvalue weighted by molar-refractivity contribution is 0.0934. The molecule has 0 saturated heterocycles. The number of carbonyl (C=O) groups excluding carboxylic acids is 1. The van der Waals surface area contributed by atoms with E-state index in [1.807, 2.05) is 0 Å². The molecule has 1 atom stereocenters. The summed E-state index contributed by atoms with van der Waals surface area (Å²) in [7, 11) is -3.87. The Hall–Kier alpha value is -2.69. The zero-order chi connectivity index (χ0) is 22.9. The number of hydrogen-bond acceptors (Lipinski definition) is 5. The van der Waals surface area contributed by atoms with E-state index >= 15 is 0 Å². The molecule has 0 unspecified atom stereocenters. The third kappa shape index (κ3) is 5.72. The molecule has 0 saturated carbocycles. The van der Waals surface area contributed by atoms with Gasteiger partial charge in [0.25, 0.3) is 5.91 Å². The molecule has 12 heteroatoms. The van der Waals surface area contributed by atoms with Gasteiger partial charge in [0, 0.05) is 15.6 Å². The van der Waals surface area contributed by atoms with Crippen LogP contribution in [0.25, 0.3) is 11.5 Å². The standard InChI is InChI=1S/C19H15Cl2F2N3O4S/c1-9(10-5-14(22)17(15(23)6-10)26-31(2,28)29)24-18(27)16-8-30-19(25-16)11-3-12(20)7-13(21)4-11/h3-9,26H,1-2H3,(H,24,27)/t9-/m1/s1. The van der Waals surface area contributed by atoms with Gasteiger partial charge in [-0.1, -0.05) is 23.2 Å². The molecule has 0 aliphatic carbocycles. The second kappa shape index (κ2) is 8.81. The first-order chi connectivity index (χ1) is 14.4. The van der Waals surface area contributed by atoms with E-state index in [1.54, 1.807) is 16.9 Å². The Bertz CT molecular complexity index is 1220. The molecule has 0 spiro atoms. The van der Waals surface area contributed by atoms with Crippen LogP contribution in [0.1, 0.15) is 29.0 Å². The highest BCUT2D eigenvalue weighted by molar-refractivity contribution is 7.92. The second-order valence-corrected chi connectivity index (χ2v) is 9.25. The average molecular weight is 490 g/mol. The highest BCUT2D eigenvalue weighted by atomic mass is 35.5. The van der Waals surface area contributed by atoms with Crippen molar-refractivity contribution in [3.05, 3.63) is 69.5 Å². The van der Waals surface area contributed by atoms with E-state index in [-0.39, 0.29) is 17.1 Å². The van der Waals surface area contributed by atoms with Crippen molar-refractivity contribution in [2.24, 2.45) is 0 Å². The van der Waals surface area contributed by atoms with Crippen molar-refractivity contribution in [1.29, 1.82) is 0 Å². The van der Waals surface area contributed by atoms with E-state index in [0.29, 0.717) is 15.6 Å². The molecule has 1 amide bonds. The lowest BCUT2D eigenvalue weighted by Gasteiger charge is -2.15. The predicted molar refractivity (Wildman–Crippen MR) is 113 cm³/mol. The molecule has 2 N–H and O–H groups in total. The number of nitrogens with one attached hydrogen (secondary N) is 2. The number of amides is 1. The lowest BCUT2D eigenvalue weighted by Crippen LogP contribution is -2.27. The number of nitrogens with zero attached hydrogens (tertiary/aromatic N) is 1. The van der Waals surface area contributed by atoms with Gasteiger partial charge in [-0.25, -0.2) is 22.2 Å². The number of sulfonamides is 1. The fraction of sp³-hybridized carbons (Fsp3) is 0.158. The lowest BCUT2D eigenvalue weighted by atomic mass is 10.1. The Labute approximate surface area is 186 Å². The monoisotopic (exact) mass is 489 g/mol. The summed E-state index contributed by atoms with van der Waals surface area (Å²) < 4.78 is 57.9. The number of benzene rings is 2. The summed E-state index contributed by atoms with van der Waals surface area (Å²) in [6.07, 6.45) is 1.89. The van der Waals surface area contributed by atoms with E-state index in [1.165, 1.54) is 13.0 Å². The molecule has 0 radical (unpaired) electrons. The van der Waals surface area contributed by atoms with Crippen molar-refractivity contribution >= 4 is 44.8 Å². The van der Waals surface area contributed by atoms with Gasteiger partial charge in [0.2, 0.25) is 15.9 Å². The molecule has 3 rings (SSSR count). The normalized spacial score (nSPS) is 12.5. The topological polar surface area (TPSA) is 101 Å². The zero-order valence-electron chi connectivity index (χ0n) is 16.0. The van der Waals surface area contributed by atoms with E-state index in [4.69, 9.17) is 27.6 Å². The molecule has 164 valence electrons. The molecule has 2 aromatic carbocycles. The molecule has 0 aliphatic rings. The van der Waals surface area contributed by atoms with Gasteiger partial charge in [-0.15, -0.1) is 0 Å². The summed E-state index contributed by atoms with van der Waals surface area (Å²) in [4.78, 5) is 16.5. The SMILES string of the molecule is C[C@@H](NC(=O)c1coc(-c2cc(Cl)cc(Cl)c2)n1)c1cc(F)c(NS(C)(=O)=O)c(F)c1. The van der Waals surface area contributed by atoms with E-state index in [0.717, 1.165) is 24.7 Å². The van der Waals surface area contributed by atoms with Crippen LogP contribution in [0.2, 0.25) is 10.0 Å². The minimum Gasteiger partial charge on any atom is -0.444 e. The zero-order valence-corrected chi connectivity index (χ0v) is 18.4. The average Bonchev–Trinajstić information content (AvgIpc) is 3.13. The Kier molecular flexibility index (Phi) is 6.54. The highest BCUT2D eigenvalue weighted by Crippen LogP contribution is 2.28. The number of rotatable bonds is 6. The van der Waals surface area contributed by atoms with Crippen molar-refractivity contribution in [1.82, 2.24) is 10.3 Å². The Balaban J connectivity index is 1.77. The van der Waals surface area contributed by atoms with Crippen LogP contribution in [-0.4, -0.2) is 25.6 Å². The van der Waals surface area contributed by atoms with Crippen molar-refractivity contribution in [2.75, 3.05) is 11.0 Å². The summed E-state index contributed by atoms with van der Waals surface area (Å²) in [6, 6.07) is 5.65. The van der Waals surface area contributed by atoms with E-state index < -0.39 is 39.3 Å². The molecule has 0 bridgehead atoms. The maximum absolute atomic E-state index is 14.2. The van der Waals surface area contributed by atoms with Crippen molar-refractivity contribution in [3.8, 4) is 11.5 Å². The number of hydrogen-bond donors (Lipinski definition) is 2. The number of halogens is 4. The number of anilines is 1. The molecular formula is C19H15Cl2F2N3O4S. The second-order valence-electron chi connectivity index (χ2n) is 6.62. The van der Waals surface area contributed by atoms with Gasteiger partial charge in [-0.05, 0) is 42.8 Å². The number of oxazole rings is 1. The smallest absolute Gasteiger partial charge is 0.273 e. The van der Waals surface area contributed by atoms with Crippen molar-refractivity contribution < 1.29 is 26.4 Å². The summed E-state index contributed by atoms with van der Waals surface area (Å²) in [5, 5.41) is 3.26. The van der Waals surface area contributed by atoms with Crippen LogP contribution in [-0.2, 0) is 10.0 Å². The molecule has 1 aromatic heterocycles. The fourth-order valence-electron chi connectivity index (χ4n) is 2.67. The van der Waals surface area contributed by atoms with Crippen molar-refractivity contribution in [2.45, 2.75) is 13.0 Å². The first kappa shape index (κ1) is 23.0. The molecule has 1 heterocycles. The summed E-state index contributed by atoms with van der Waals surface area (Å²) in [5.41, 5.74) is -0.337. The maximum atomic E-state index is 14.2. The molecule has 7 nitrogen and oxygen atoms in total. The molecular weight excluding hydrogens is 475 g/mol. The van der Waals surface area contributed by atoms with Crippen LogP contribution in [0.3, 0.4) is 0 Å². The van der Waals surface area contributed by atoms with Gasteiger partial charge in [0.15, 0.2) is 17.3 Å². The highest BCUT2D eigenvalue weighted by Gasteiger charge is 2.20. The van der Waals surface area contributed by atoms with Gasteiger partial charge in [0.1, 0.15) is 12.0 Å². The van der Waals surface area contributed by atoms with Crippen LogP contribution >= 0.6 is 23.2 Å². The van der Waals surface area contributed by atoms with Crippen LogP contribution in [0.5, 0.6) is 0 Å². The number of carbonyl (C=O) groups is 1.